The van der Waals surface area contributed by atoms with Gasteiger partial charge in [-0.05, 0) is 43.4 Å². The number of hydrogen-bond donors (Lipinski definition) is 1. The van der Waals surface area contributed by atoms with Gasteiger partial charge in [-0.3, -0.25) is 0 Å². The molecule has 1 aromatic rings. The van der Waals surface area contributed by atoms with Gasteiger partial charge in [-0.2, -0.15) is 0 Å². The molecule has 2 N–H and O–H groups in total. The van der Waals surface area contributed by atoms with Gasteiger partial charge in [0.15, 0.2) is 0 Å². The average Bonchev–Trinajstić information content (AvgIpc) is 2.18. The van der Waals surface area contributed by atoms with Crippen molar-refractivity contribution in [3.63, 3.8) is 0 Å². The smallest absolute Gasteiger partial charge is 0.126 e. The Morgan fingerprint density at radius 1 is 1.36 bits per heavy atom. The van der Waals surface area contributed by atoms with Gasteiger partial charge in [-0.1, -0.05) is 12.1 Å². The molecule has 2 nitrogen and oxygen atoms in total. The van der Waals surface area contributed by atoms with Crippen molar-refractivity contribution in [3.8, 4) is 0 Å². The Bertz CT molecular complexity index is 289. The largest absolute Gasteiger partial charge is 0.305 e. The first kappa shape index (κ1) is 11.1. The van der Waals surface area contributed by atoms with E-state index in [2.05, 4.69) is 4.84 Å². The molecule has 0 aromatic heterocycles. The van der Waals surface area contributed by atoms with Crippen molar-refractivity contribution in [2.45, 2.75) is 26.2 Å². The fourth-order valence-electron chi connectivity index (χ4n) is 1.38. The minimum Gasteiger partial charge on any atom is -0.305 e. The Morgan fingerprint density at radius 3 is 2.79 bits per heavy atom. The van der Waals surface area contributed by atoms with E-state index in [9.17, 15) is 4.39 Å². The number of benzene rings is 1. The molecule has 0 saturated carbocycles. The Labute approximate surface area is 83.8 Å². The van der Waals surface area contributed by atoms with E-state index in [-0.39, 0.29) is 5.82 Å². The Morgan fingerprint density at radius 2 is 2.14 bits per heavy atom. The van der Waals surface area contributed by atoms with Gasteiger partial charge < -0.3 is 4.84 Å². The van der Waals surface area contributed by atoms with Gasteiger partial charge in [0.05, 0.1) is 6.61 Å². The fraction of sp³-hybridized carbons (Fsp3) is 0.455. The van der Waals surface area contributed by atoms with Gasteiger partial charge in [0, 0.05) is 0 Å². The highest BCUT2D eigenvalue weighted by atomic mass is 19.1. The SMILES string of the molecule is Cc1cc(CCCCON)ccc1F. The van der Waals surface area contributed by atoms with Gasteiger partial charge >= 0.3 is 0 Å². The number of nitrogens with two attached hydrogens (primary N) is 1. The molecule has 0 fully saturated rings. The first-order chi connectivity index (χ1) is 6.74. The molecule has 0 amide bonds. The van der Waals surface area contributed by atoms with E-state index in [0.717, 1.165) is 19.3 Å². The van der Waals surface area contributed by atoms with E-state index in [1.807, 2.05) is 12.1 Å². The summed E-state index contributed by atoms with van der Waals surface area (Å²) in [5.74, 6) is 4.76. The lowest BCUT2D eigenvalue weighted by atomic mass is 10.1. The van der Waals surface area contributed by atoms with Gasteiger partial charge in [0.25, 0.3) is 0 Å². The van der Waals surface area contributed by atoms with E-state index in [1.54, 1.807) is 6.92 Å². The third kappa shape index (κ3) is 3.44. The molecule has 1 rings (SSSR count). The van der Waals surface area contributed by atoms with Crippen molar-refractivity contribution in [3.05, 3.63) is 35.1 Å². The molecule has 3 heteroatoms. The first-order valence-corrected chi connectivity index (χ1v) is 4.80. The normalized spacial score (nSPS) is 10.5. The molecule has 0 saturated heterocycles. The number of hydrogen-bond acceptors (Lipinski definition) is 2. The second-order valence-electron chi connectivity index (χ2n) is 3.41. The standard InChI is InChI=1S/C11H16FNO/c1-9-8-10(5-6-11(9)12)4-2-3-7-14-13/h5-6,8H,2-4,7,13H2,1H3. The first-order valence-electron chi connectivity index (χ1n) is 4.80. The van der Waals surface area contributed by atoms with Crippen LogP contribution in [0.15, 0.2) is 18.2 Å². The maximum absolute atomic E-state index is 12.9. The zero-order valence-electron chi connectivity index (χ0n) is 8.42. The Balaban J connectivity index is 2.39. The van der Waals surface area contributed by atoms with E-state index in [0.29, 0.717) is 12.2 Å². The summed E-state index contributed by atoms with van der Waals surface area (Å²) >= 11 is 0. The maximum atomic E-state index is 12.9. The number of aryl methyl sites for hydroxylation is 2. The molecule has 0 radical (unpaired) electrons. The molecule has 0 aliphatic carbocycles. The summed E-state index contributed by atoms with van der Waals surface area (Å²) in [5, 5.41) is 0. The van der Waals surface area contributed by atoms with E-state index >= 15 is 0 Å². The quantitative estimate of drug-likeness (QED) is 0.581. The summed E-state index contributed by atoms with van der Waals surface area (Å²) in [5.41, 5.74) is 1.87. The van der Waals surface area contributed by atoms with Crippen LogP contribution in [0, 0.1) is 12.7 Å². The maximum Gasteiger partial charge on any atom is 0.126 e. The topological polar surface area (TPSA) is 35.2 Å². The summed E-state index contributed by atoms with van der Waals surface area (Å²) < 4.78 is 12.9. The second-order valence-corrected chi connectivity index (χ2v) is 3.41. The second kappa shape index (κ2) is 5.73. The van der Waals surface area contributed by atoms with Crippen LogP contribution in [-0.4, -0.2) is 6.61 Å². The molecule has 0 aliphatic heterocycles. The lowest BCUT2D eigenvalue weighted by molar-refractivity contribution is 0.134. The molecular weight excluding hydrogens is 181 g/mol. The van der Waals surface area contributed by atoms with Crippen molar-refractivity contribution in [2.24, 2.45) is 5.90 Å². The van der Waals surface area contributed by atoms with Gasteiger partial charge in [0.1, 0.15) is 5.82 Å². The lowest BCUT2D eigenvalue weighted by Gasteiger charge is -2.03. The number of rotatable bonds is 5. The third-order valence-electron chi connectivity index (χ3n) is 2.20. The summed E-state index contributed by atoms with van der Waals surface area (Å²) in [6.07, 6.45) is 2.90. The van der Waals surface area contributed by atoms with Crippen LogP contribution in [-0.2, 0) is 11.3 Å². The summed E-state index contributed by atoms with van der Waals surface area (Å²) in [6.45, 7) is 2.36. The van der Waals surface area contributed by atoms with Crippen molar-refractivity contribution < 1.29 is 9.23 Å². The highest BCUT2D eigenvalue weighted by molar-refractivity contribution is 5.23. The Hall–Kier alpha value is -0.930. The van der Waals surface area contributed by atoms with Crippen molar-refractivity contribution >= 4 is 0 Å². The zero-order valence-corrected chi connectivity index (χ0v) is 8.42. The molecule has 0 heterocycles. The molecule has 78 valence electrons. The predicted octanol–water partition coefficient (Wildman–Crippen LogP) is 2.35. The van der Waals surface area contributed by atoms with E-state index in [4.69, 9.17) is 5.90 Å². The van der Waals surface area contributed by atoms with Gasteiger partial charge in [0.2, 0.25) is 0 Å². The van der Waals surface area contributed by atoms with Crippen molar-refractivity contribution in [2.75, 3.05) is 6.61 Å². The summed E-state index contributed by atoms with van der Waals surface area (Å²) in [4.78, 5) is 4.46. The fourth-order valence-corrected chi connectivity index (χ4v) is 1.38. The van der Waals surface area contributed by atoms with Crippen LogP contribution in [0.25, 0.3) is 0 Å². The average molecular weight is 197 g/mol. The van der Waals surface area contributed by atoms with Crippen LogP contribution in [0.5, 0.6) is 0 Å². The van der Waals surface area contributed by atoms with E-state index in [1.165, 1.54) is 11.6 Å². The van der Waals surface area contributed by atoms with Gasteiger partial charge in [-0.25, -0.2) is 10.3 Å². The minimum atomic E-state index is -0.140. The predicted molar refractivity (Wildman–Crippen MR) is 54.2 cm³/mol. The Kier molecular flexibility index (Phi) is 4.56. The molecular formula is C11H16FNO. The highest BCUT2D eigenvalue weighted by Gasteiger charge is 1.98. The molecule has 0 spiro atoms. The molecule has 0 aliphatic rings. The molecule has 1 aromatic carbocycles. The van der Waals surface area contributed by atoms with Crippen LogP contribution < -0.4 is 5.90 Å². The molecule has 0 bridgehead atoms. The van der Waals surface area contributed by atoms with Crippen LogP contribution >= 0.6 is 0 Å². The summed E-state index contributed by atoms with van der Waals surface area (Å²) in [7, 11) is 0. The number of halogens is 1. The third-order valence-corrected chi connectivity index (χ3v) is 2.20. The van der Waals surface area contributed by atoms with Gasteiger partial charge in [-0.15, -0.1) is 0 Å². The molecule has 0 atom stereocenters. The van der Waals surface area contributed by atoms with Crippen LogP contribution in [0.4, 0.5) is 4.39 Å². The van der Waals surface area contributed by atoms with Crippen LogP contribution in [0.2, 0.25) is 0 Å². The summed E-state index contributed by atoms with van der Waals surface area (Å²) in [6, 6.07) is 5.23. The van der Waals surface area contributed by atoms with Crippen molar-refractivity contribution in [1.29, 1.82) is 0 Å². The van der Waals surface area contributed by atoms with Crippen LogP contribution in [0.3, 0.4) is 0 Å². The zero-order chi connectivity index (χ0) is 10.4. The monoisotopic (exact) mass is 197 g/mol. The van der Waals surface area contributed by atoms with Crippen LogP contribution in [0.1, 0.15) is 24.0 Å². The van der Waals surface area contributed by atoms with Crippen molar-refractivity contribution in [1.82, 2.24) is 0 Å². The lowest BCUT2D eigenvalue weighted by Crippen LogP contribution is -2.01. The molecule has 14 heavy (non-hydrogen) atoms. The number of unbranched alkanes of at least 4 members (excludes halogenated alkanes) is 1. The van der Waals surface area contributed by atoms with E-state index < -0.39 is 0 Å². The highest BCUT2D eigenvalue weighted by Crippen LogP contribution is 2.11. The molecule has 0 unspecified atom stereocenters. The minimum absolute atomic E-state index is 0.140.